The van der Waals surface area contributed by atoms with Gasteiger partial charge in [-0.2, -0.15) is 0 Å². The zero-order valence-corrected chi connectivity index (χ0v) is 13.4. The first kappa shape index (κ1) is 17.1. The summed E-state index contributed by atoms with van der Waals surface area (Å²) in [6.07, 6.45) is 0.270. The van der Waals surface area contributed by atoms with E-state index in [0.717, 1.165) is 0 Å². The van der Waals surface area contributed by atoms with Crippen molar-refractivity contribution in [2.75, 3.05) is 18.2 Å². The fourth-order valence-corrected chi connectivity index (χ4v) is 2.49. The van der Waals surface area contributed by atoms with Crippen molar-refractivity contribution in [2.45, 2.75) is 18.6 Å². The summed E-state index contributed by atoms with van der Waals surface area (Å²) in [5, 5.41) is 3.38. The molecule has 0 radical (unpaired) electrons. The van der Waals surface area contributed by atoms with Crippen LogP contribution in [0.1, 0.15) is 13.3 Å². The van der Waals surface area contributed by atoms with Gasteiger partial charge in [-0.05, 0) is 12.1 Å². The minimum atomic E-state index is -0.289. The van der Waals surface area contributed by atoms with Gasteiger partial charge in [-0.1, -0.05) is 36.2 Å². The third-order valence-corrected chi connectivity index (χ3v) is 4.39. The van der Waals surface area contributed by atoms with Crippen LogP contribution in [-0.4, -0.2) is 30.0 Å². The Morgan fingerprint density at radius 3 is 2.75 bits per heavy atom. The number of benzene rings is 1. The smallest absolute Gasteiger partial charge is 0.306 e. The van der Waals surface area contributed by atoms with E-state index >= 15 is 0 Å². The zero-order valence-electron chi connectivity index (χ0n) is 11.1. The molecule has 1 atom stereocenters. The van der Waals surface area contributed by atoms with Gasteiger partial charge in [0.25, 0.3) is 0 Å². The maximum atomic E-state index is 11.8. The van der Waals surface area contributed by atoms with Crippen molar-refractivity contribution in [2.24, 2.45) is 0 Å². The zero-order chi connectivity index (χ0) is 15.1. The maximum absolute atomic E-state index is 11.8. The largest absolute Gasteiger partial charge is 0.469 e. The summed E-state index contributed by atoms with van der Waals surface area (Å²) in [5.41, 5.74) is 0.477. The van der Waals surface area contributed by atoms with E-state index in [-0.39, 0.29) is 29.3 Å². The molecule has 1 aromatic carbocycles. The van der Waals surface area contributed by atoms with E-state index in [1.165, 1.54) is 18.9 Å². The maximum Gasteiger partial charge on any atom is 0.306 e. The lowest BCUT2D eigenvalue weighted by Gasteiger charge is -2.11. The fraction of sp³-hybridized carbons (Fsp3) is 0.385. The van der Waals surface area contributed by atoms with Crippen LogP contribution in [0.2, 0.25) is 10.0 Å². The van der Waals surface area contributed by atoms with Crippen molar-refractivity contribution in [3.8, 4) is 0 Å². The molecule has 110 valence electrons. The van der Waals surface area contributed by atoms with E-state index in [1.807, 2.05) is 6.92 Å². The molecule has 1 amide bonds. The molecule has 0 fully saturated rings. The summed E-state index contributed by atoms with van der Waals surface area (Å²) < 4.78 is 4.57. The molecule has 1 unspecified atom stereocenters. The standard InChI is InChI=1S/C13H15Cl2NO3S/c1-8(6-12(18)19-2)20-7-11(17)16-10-5-3-4-9(14)13(10)15/h3-5,8H,6-7H2,1-2H3,(H,16,17). The Labute approximate surface area is 132 Å². The van der Waals surface area contributed by atoms with Crippen molar-refractivity contribution in [3.05, 3.63) is 28.2 Å². The van der Waals surface area contributed by atoms with Crippen molar-refractivity contribution in [3.63, 3.8) is 0 Å². The average Bonchev–Trinajstić information content (AvgIpc) is 2.41. The van der Waals surface area contributed by atoms with Crippen LogP contribution < -0.4 is 5.32 Å². The Morgan fingerprint density at radius 1 is 1.40 bits per heavy atom. The number of ether oxygens (including phenoxy) is 1. The SMILES string of the molecule is COC(=O)CC(C)SCC(=O)Nc1cccc(Cl)c1Cl. The quantitative estimate of drug-likeness (QED) is 0.806. The topological polar surface area (TPSA) is 55.4 Å². The summed E-state index contributed by atoms with van der Waals surface area (Å²) >= 11 is 13.2. The van der Waals surface area contributed by atoms with Gasteiger partial charge in [0.2, 0.25) is 5.91 Å². The summed E-state index contributed by atoms with van der Waals surface area (Å²) in [6, 6.07) is 5.03. The predicted molar refractivity (Wildman–Crippen MR) is 83.6 cm³/mol. The molecule has 0 aliphatic rings. The summed E-state index contributed by atoms with van der Waals surface area (Å²) in [5.74, 6) is -0.264. The number of carbonyl (C=O) groups is 2. The first-order valence-corrected chi connectivity index (χ1v) is 7.66. The number of carbonyl (C=O) groups excluding carboxylic acids is 2. The third-order valence-electron chi connectivity index (χ3n) is 2.41. The highest BCUT2D eigenvalue weighted by Crippen LogP contribution is 2.29. The lowest BCUT2D eigenvalue weighted by Crippen LogP contribution is -2.17. The van der Waals surface area contributed by atoms with Crippen LogP contribution in [0, 0.1) is 0 Å². The lowest BCUT2D eigenvalue weighted by molar-refractivity contribution is -0.140. The molecule has 0 saturated carbocycles. The van der Waals surface area contributed by atoms with Gasteiger partial charge < -0.3 is 10.1 Å². The van der Waals surface area contributed by atoms with Gasteiger partial charge >= 0.3 is 5.97 Å². The van der Waals surface area contributed by atoms with Crippen molar-refractivity contribution >= 4 is 52.5 Å². The van der Waals surface area contributed by atoms with E-state index in [0.29, 0.717) is 15.7 Å². The number of halogens is 2. The minimum absolute atomic E-state index is 0.00281. The van der Waals surface area contributed by atoms with Crippen LogP contribution >= 0.6 is 35.0 Å². The monoisotopic (exact) mass is 335 g/mol. The van der Waals surface area contributed by atoms with Crippen LogP contribution in [-0.2, 0) is 14.3 Å². The number of hydrogen-bond acceptors (Lipinski definition) is 4. The van der Waals surface area contributed by atoms with Gasteiger partial charge in [0.1, 0.15) is 0 Å². The van der Waals surface area contributed by atoms with Gasteiger partial charge in [0, 0.05) is 5.25 Å². The van der Waals surface area contributed by atoms with Gasteiger partial charge in [-0.15, -0.1) is 11.8 Å². The average molecular weight is 336 g/mol. The number of hydrogen-bond donors (Lipinski definition) is 1. The van der Waals surface area contributed by atoms with Gasteiger partial charge in [0.15, 0.2) is 0 Å². The Balaban J connectivity index is 2.44. The van der Waals surface area contributed by atoms with Crippen LogP contribution in [0.15, 0.2) is 18.2 Å². The normalized spacial score (nSPS) is 11.8. The van der Waals surface area contributed by atoms with Crippen LogP contribution in [0.25, 0.3) is 0 Å². The van der Waals surface area contributed by atoms with Gasteiger partial charge in [-0.3, -0.25) is 9.59 Å². The number of esters is 1. The molecule has 0 saturated heterocycles. The molecule has 1 N–H and O–H groups in total. The number of anilines is 1. The second-order valence-electron chi connectivity index (χ2n) is 4.05. The molecule has 7 heteroatoms. The first-order chi connectivity index (χ1) is 9.43. The molecule has 1 aromatic rings. The molecule has 4 nitrogen and oxygen atoms in total. The highest BCUT2D eigenvalue weighted by atomic mass is 35.5. The van der Waals surface area contributed by atoms with Crippen molar-refractivity contribution in [1.29, 1.82) is 0 Å². The molecular weight excluding hydrogens is 321 g/mol. The van der Waals surface area contributed by atoms with Crippen LogP contribution in [0.5, 0.6) is 0 Å². The lowest BCUT2D eigenvalue weighted by atomic mass is 10.3. The van der Waals surface area contributed by atoms with Crippen LogP contribution in [0.4, 0.5) is 5.69 Å². The number of methoxy groups -OCH3 is 1. The van der Waals surface area contributed by atoms with Crippen molar-refractivity contribution in [1.82, 2.24) is 0 Å². The van der Waals surface area contributed by atoms with E-state index in [2.05, 4.69) is 10.1 Å². The highest BCUT2D eigenvalue weighted by Gasteiger charge is 2.13. The van der Waals surface area contributed by atoms with E-state index in [4.69, 9.17) is 23.2 Å². The molecule has 0 bridgehead atoms. The minimum Gasteiger partial charge on any atom is -0.469 e. The predicted octanol–water partition coefficient (Wildman–Crippen LogP) is 3.62. The Bertz CT molecular complexity index is 497. The summed E-state index contributed by atoms with van der Waals surface area (Å²) in [6.45, 7) is 1.86. The summed E-state index contributed by atoms with van der Waals surface area (Å²) in [7, 11) is 1.34. The molecule has 20 heavy (non-hydrogen) atoms. The Morgan fingerprint density at radius 2 is 2.10 bits per heavy atom. The number of thioether (sulfide) groups is 1. The second kappa shape index (κ2) is 8.39. The summed E-state index contributed by atoms with van der Waals surface area (Å²) in [4.78, 5) is 22.9. The fourth-order valence-electron chi connectivity index (χ4n) is 1.38. The van der Waals surface area contributed by atoms with Crippen molar-refractivity contribution < 1.29 is 14.3 Å². The Hall–Kier alpha value is -0.910. The molecule has 0 aromatic heterocycles. The first-order valence-electron chi connectivity index (χ1n) is 5.86. The molecule has 0 spiro atoms. The van der Waals surface area contributed by atoms with Gasteiger partial charge in [0.05, 0.1) is 35.0 Å². The molecule has 0 heterocycles. The number of rotatable bonds is 6. The van der Waals surface area contributed by atoms with E-state index in [1.54, 1.807) is 18.2 Å². The molecular formula is C13H15Cl2NO3S. The van der Waals surface area contributed by atoms with E-state index in [9.17, 15) is 9.59 Å². The Kier molecular flexibility index (Phi) is 7.19. The number of nitrogens with one attached hydrogen (secondary N) is 1. The van der Waals surface area contributed by atoms with Crippen LogP contribution in [0.3, 0.4) is 0 Å². The third kappa shape index (κ3) is 5.61. The molecule has 1 rings (SSSR count). The highest BCUT2D eigenvalue weighted by molar-refractivity contribution is 8.00. The molecule has 0 aliphatic carbocycles. The van der Waals surface area contributed by atoms with E-state index < -0.39 is 0 Å². The number of amides is 1. The van der Waals surface area contributed by atoms with Gasteiger partial charge in [-0.25, -0.2) is 0 Å². The second-order valence-corrected chi connectivity index (χ2v) is 6.26. The molecule has 0 aliphatic heterocycles.